The van der Waals surface area contributed by atoms with Crippen molar-refractivity contribution in [2.45, 2.75) is 19.8 Å². The third-order valence-electron chi connectivity index (χ3n) is 3.09. The Hall–Kier alpha value is -1.89. The molecular formula is C18H17IO4. The molecule has 0 atom stereocenters. The molecule has 4 nitrogen and oxygen atoms in total. The highest BCUT2D eigenvalue weighted by atomic mass is 127. The van der Waals surface area contributed by atoms with Crippen LogP contribution in [-0.4, -0.2) is 18.5 Å². The molecule has 0 amide bonds. The van der Waals surface area contributed by atoms with Gasteiger partial charge in [0.25, 0.3) is 0 Å². The number of esters is 2. The maximum atomic E-state index is 12.0. The Bertz CT molecular complexity index is 680. The van der Waals surface area contributed by atoms with Gasteiger partial charge in [0.15, 0.2) is 0 Å². The van der Waals surface area contributed by atoms with E-state index in [-0.39, 0.29) is 5.97 Å². The van der Waals surface area contributed by atoms with E-state index < -0.39 is 5.97 Å². The van der Waals surface area contributed by atoms with Crippen molar-refractivity contribution in [3.05, 3.63) is 63.2 Å². The van der Waals surface area contributed by atoms with Crippen LogP contribution < -0.4 is 4.74 Å². The van der Waals surface area contributed by atoms with Gasteiger partial charge in [-0.3, -0.25) is 0 Å². The summed E-state index contributed by atoms with van der Waals surface area (Å²) in [4.78, 5) is 23.8. The quantitative estimate of drug-likeness (QED) is 0.297. The van der Waals surface area contributed by atoms with E-state index in [0.717, 1.165) is 16.4 Å². The Morgan fingerprint density at radius 2 is 1.74 bits per heavy atom. The van der Waals surface area contributed by atoms with Gasteiger partial charge < -0.3 is 9.47 Å². The summed E-state index contributed by atoms with van der Waals surface area (Å²) < 4.78 is 11.4. The molecule has 23 heavy (non-hydrogen) atoms. The van der Waals surface area contributed by atoms with Gasteiger partial charge in [-0.05, 0) is 71.5 Å². The molecule has 0 unspecified atom stereocenters. The zero-order valence-electron chi connectivity index (χ0n) is 12.8. The van der Waals surface area contributed by atoms with E-state index in [1.54, 1.807) is 42.5 Å². The highest BCUT2D eigenvalue weighted by Crippen LogP contribution is 2.16. The minimum atomic E-state index is -0.429. The molecule has 120 valence electrons. The van der Waals surface area contributed by atoms with E-state index in [1.165, 1.54) is 0 Å². The van der Waals surface area contributed by atoms with Crippen LogP contribution in [-0.2, 0) is 4.74 Å². The van der Waals surface area contributed by atoms with Gasteiger partial charge >= 0.3 is 11.9 Å². The number of halogens is 1. The zero-order chi connectivity index (χ0) is 16.7. The van der Waals surface area contributed by atoms with Crippen molar-refractivity contribution in [3.8, 4) is 5.75 Å². The van der Waals surface area contributed by atoms with Gasteiger partial charge in [-0.1, -0.05) is 19.4 Å². The van der Waals surface area contributed by atoms with Crippen molar-refractivity contribution in [2.75, 3.05) is 6.61 Å². The third kappa shape index (κ3) is 5.35. The largest absolute Gasteiger partial charge is 0.462 e. The fourth-order valence-corrected chi connectivity index (χ4v) is 2.38. The summed E-state index contributed by atoms with van der Waals surface area (Å²) in [6, 6.07) is 13.5. The monoisotopic (exact) mass is 424 g/mol. The third-order valence-corrected chi connectivity index (χ3v) is 3.76. The van der Waals surface area contributed by atoms with Crippen molar-refractivity contribution >= 4 is 34.5 Å². The van der Waals surface area contributed by atoms with Crippen LogP contribution in [0.15, 0.2) is 48.5 Å². The summed E-state index contributed by atoms with van der Waals surface area (Å²) in [7, 11) is 0. The molecule has 2 aromatic rings. The molecule has 2 aromatic carbocycles. The van der Waals surface area contributed by atoms with Crippen molar-refractivity contribution in [1.82, 2.24) is 0 Å². The number of carbonyl (C=O) groups is 2. The van der Waals surface area contributed by atoms with E-state index in [0.29, 0.717) is 23.5 Å². The Morgan fingerprint density at radius 1 is 1.00 bits per heavy atom. The van der Waals surface area contributed by atoms with Crippen LogP contribution in [0.2, 0.25) is 0 Å². The maximum absolute atomic E-state index is 12.0. The predicted octanol–water partition coefficient (Wildman–Crippen LogP) is 4.47. The normalized spacial score (nSPS) is 10.2. The summed E-state index contributed by atoms with van der Waals surface area (Å²) in [6.07, 6.45) is 1.82. The number of rotatable bonds is 6. The highest BCUT2D eigenvalue weighted by molar-refractivity contribution is 14.1. The minimum Gasteiger partial charge on any atom is -0.462 e. The van der Waals surface area contributed by atoms with Gasteiger partial charge in [-0.15, -0.1) is 0 Å². The number of unbranched alkanes of at least 4 members (excludes halogenated alkanes) is 1. The number of hydrogen-bond acceptors (Lipinski definition) is 4. The van der Waals surface area contributed by atoms with Crippen LogP contribution in [0, 0.1) is 3.57 Å². The molecule has 0 saturated heterocycles. The second-order valence-electron chi connectivity index (χ2n) is 4.91. The van der Waals surface area contributed by atoms with Crippen molar-refractivity contribution < 1.29 is 19.1 Å². The summed E-state index contributed by atoms with van der Waals surface area (Å²) in [5.41, 5.74) is 0.926. The molecule has 0 radical (unpaired) electrons. The van der Waals surface area contributed by atoms with Crippen LogP contribution >= 0.6 is 22.6 Å². The summed E-state index contributed by atoms with van der Waals surface area (Å²) in [5.74, 6) is -0.408. The van der Waals surface area contributed by atoms with Crippen LogP contribution in [0.25, 0.3) is 0 Å². The average molecular weight is 424 g/mol. The Balaban J connectivity index is 1.97. The molecule has 0 spiro atoms. The summed E-state index contributed by atoms with van der Waals surface area (Å²) in [5, 5.41) is 0. The Kier molecular flexibility index (Phi) is 6.58. The fourth-order valence-electron chi connectivity index (χ4n) is 1.83. The van der Waals surface area contributed by atoms with E-state index in [4.69, 9.17) is 9.47 Å². The summed E-state index contributed by atoms with van der Waals surface area (Å²) in [6.45, 7) is 2.45. The smallest absolute Gasteiger partial charge is 0.343 e. The molecule has 0 saturated carbocycles. The molecular weight excluding hydrogens is 407 g/mol. The van der Waals surface area contributed by atoms with Gasteiger partial charge in [0, 0.05) is 3.57 Å². The van der Waals surface area contributed by atoms with E-state index in [1.807, 2.05) is 13.0 Å². The van der Waals surface area contributed by atoms with Gasteiger partial charge in [0.2, 0.25) is 0 Å². The topological polar surface area (TPSA) is 52.6 Å². The lowest BCUT2D eigenvalue weighted by molar-refractivity contribution is 0.0499. The lowest BCUT2D eigenvalue weighted by atomic mass is 10.2. The van der Waals surface area contributed by atoms with Gasteiger partial charge in [0.05, 0.1) is 17.7 Å². The first-order valence-electron chi connectivity index (χ1n) is 7.35. The molecule has 0 aliphatic carbocycles. The lowest BCUT2D eigenvalue weighted by Crippen LogP contribution is -2.09. The zero-order valence-corrected chi connectivity index (χ0v) is 14.9. The molecule has 2 rings (SSSR count). The molecule has 0 N–H and O–H groups in total. The Morgan fingerprint density at radius 3 is 2.39 bits per heavy atom. The van der Waals surface area contributed by atoms with Crippen LogP contribution in [0.1, 0.15) is 40.5 Å². The van der Waals surface area contributed by atoms with E-state index in [2.05, 4.69) is 22.6 Å². The van der Waals surface area contributed by atoms with Crippen molar-refractivity contribution in [1.29, 1.82) is 0 Å². The first-order chi connectivity index (χ1) is 11.1. The highest BCUT2D eigenvalue weighted by Gasteiger charge is 2.11. The van der Waals surface area contributed by atoms with Crippen LogP contribution in [0.3, 0.4) is 0 Å². The molecule has 0 aromatic heterocycles. The molecule has 0 aliphatic heterocycles. The lowest BCUT2D eigenvalue weighted by Gasteiger charge is -2.06. The molecule has 0 aliphatic rings. The van der Waals surface area contributed by atoms with Crippen molar-refractivity contribution in [3.63, 3.8) is 0 Å². The second kappa shape index (κ2) is 8.67. The predicted molar refractivity (Wildman–Crippen MR) is 95.8 cm³/mol. The number of benzene rings is 2. The number of hydrogen-bond donors (Lipinski definition) is 0. The number of ether oxygens (including phenoxy) is 2. The maximum Gasteiger partial charge on any atom is 0.343 e. The molecule has 5 heteroatoms. The van der Waals surface area contributed by atoms with Gasteiger partial charge in [-0.25, -0.2) is 9.59 Å². The van der Waals surface area contributed by atoms with Gasteiger partial charge in [0.1, 0.15) is 5.75 Å². The molecule has 0 bridgehead atoms. The standard InChI is InChI=1S/C18H17IO4/c1-2-3-11-22-17(20)13-7-9-16(10-8-13)23-18(21)14-5-4-6-15(19)12-14/h4-10,12H,2-3,11H2,1H3. The average Bonchev–Trinajstić information content (AvgIpc) is 2.55. The van der Waals surface area contributed by atoms with Crippen LogP contribution in [0.4, 0.5) is 0 Å². The second-order valence-corrected chi connectivity index (χ2v) is 6.16. The fraction of sp³-hybridized carbons (Fsp3) is 0.222. The SMILES string of the molecule is CCCCOC(=O)c1ccc(OC(=O)c2cccc(I)c2)cc1. The first kappa shape index (κ1) is 17.5. The first-order valence-corrected chi connectivity index (χ1v) is 8.43. The Labute approximate surface area is 148 Å². The van der Waals surface area contributed by atoms with E-state index >= 15 is 0 Å². The van der Waals surface area contributed by atoms with E-state index in [9.17, 15) is 9.59 Å². The summed E-state index contributed by atoms with van der Waals surface area (Å²) >= 11 is 2.14. The number of carbonyl (C=O) groups excluding carboxylic acids is 2. The van der Waals surface area contributed by atoms with Crippen LogP contribution in [0.5, 0.6) is 5.75 Å². The minimum absolute atomic E-state index is 0.367. The molecule has 0 fully saturated rings. The van der Waals surface area contributed by atoms with Crippen molar-refractivity contribution in [2.24, 2.45) is 0 Å². The van der Waals surface area contributed by atoms with Gasteiger partial charge in [-0.2, -0.15) is 0 Å². The molecule has 0 heterocycles.